The number of amides is 1. The van der Waals surface area contributed by atoms with E-state index in [-0.39, 0.29) is 5.91 Å². The van der Waals surface area contributed by atoms with Crippen LogP contribution in [0.2, 0.25) is 0 Å². The summed E-state index contributed by atoms with van der Waals surface area (Å²) < 4.78 is 11.3. The molecule has 5 nitrogen and oxygen atoms in total. The molecule has 1 aliphatic rings. The van der Waals surface area contributed by atoms with Gasteiger partial charge in [-0.05, 0) is 69.0 Å². The Labute approximate surface area is 167 Å². The van der Waals surface area contributed by atoms with Gasteiger partial charge in [0.2, 0.25) is 5.91 Å². The van der Waals surface area contributed by atoms with Gasteiger partial charge in [-0.1, -0.05) is 12.1 Å². The largest absolute Gasteiger partial charge is 0.490 e. The van der Waals surface area contributed by atoms with Gasteiger partial charge >= 0.3 is 0 Å². The van der Waals surface area contributed by atoms with Gasteiger partial charge in [-0.3, -0.25) is 4.79 Å². The molecule has 1 N–H and O–H groups in total. The van der Waals surface area contributed by atoms with Crippen molar-refractivity contribution in [2.75, 3.05) is 36.5 Å². The monoisotopic (exact) mass is 382 g/mol. The molecule has 28 heavy (non-hydrogen) atoms. The first-order valence-corrected chi connectivity index (χ1v) is 10.3. The van der Waals surface area contributed by atoms with Crippen LogP contribution in [0.1, 0.15) is 39.0 Å². The number of nitrogens with zero attached hydrogens (tertiary/aromatic N) is 1. The Bertz CT molecular complexity index is 740. The highest BCUT2D eigenvalue weighted by molar-refractivity contribution is 5.90. The lowest BCUT2D eigenvalue weighted by atomic mass is 10.1. The maximum atomic E-state index is 12.2. The van der Waals surface area contributed by atoms with Gasteiger partial charge in [0.05, 0.1) is 13.2 Å². The minimum absolute atomic E-state index is 0.00687. The molecule has 0 atom stereocenters. The lowest BCUT2D eigenvalue weighted by Gasteiger charge is -2.28. The van der Waals surface area contributed by atoms with Gasteiger partial charge < -0.3 is 19.7 Å². The lowest BCUT2D eigenvalue weighted by Crippen LogP contribution is -2.29. The Morgan fingerprint density at radius 2 is 1.64 bits per heavy atom. The summed E-state index contributed by atoms with van der Waals surface area (Å²) in [6, 6.07) is 15.8. The summed E-state index contributed by atoms with van der Waals surface area (Å²) in [4.78, 5) is 14.6. The average molecular weight is 383 g/mol. The topological polar surface area (TPSA) is 50.8 Å². The molecule has 1 saturated heterocycles. The average Bonchev–Trinajstić information content (AvgIpc) is 2.74. The third-order valence-electron chi connectivity index (χ3n) is 4.83. The van der Waals surface area contributed by atoms with Gasteiger partial charge in [0.15, 0.2) is 11.5 Å². The van der Waals surface area contributed by atoms with Crippen molar-refractivity contribution in [3.8, 4) is 11.5 Å². The second kappa shape index (κ2) is 10.6. The molecule has 2 aromatic rings. The Kier molecular flexibility index (Phi) is 7.59. The summed E-state index contributed by atoms with van der Waals surface area (Å²) in [5, 5.41) is 2.96. The molecule has 3 rings (SSSR count). The first-order chi connectivity index (χ1) is 13.8. The van der Waals surface area contributed by atoms with Crippen LogP contribution in [0.15, 0.2) is 48.5 Å². The van der Waals surface area contributed by atoms with Crippen LogP contribution in [-0.4, -0.2) is 32.2 Å². The van der Waals surface area contributed by atoms with E-state index < -0.39 is 0 Å². The van der Waals surface area contributed by atoms with Crippen LogP contribution in [-0.2, 0) is 4.79 Å². The van der Waals surface area contributed by atoms with Crippen LogP contribution in [0, 0.1) is 0 Å². The molecule has 150 valence electrons. The Balaban J connectivity index is 1.40. The number of hydrogen-bond acceptors (Lipinski definition) is 4. The fourth-order valence-corrected chi connectivity index (χ4v) is 3.39. The highest BCUT2D eigenvalue weighted by atomic mass is 16.5. The first-order valence-electron chi connectivity index (χ1n) is 10.3. The minimum Gasteiger partial charge on any atom is -0.490 e. The van der Waals surface area contributed by atoms with Gasteiger partial charge in [0.25, 0.3) is 0 Å². The molecule has 5 heteroatoms. The zero-order chi connectivity index (χ0) is 19.6. The van der Waals surface area contributed by atoms with Crippen molar-refractivity contribution < 1.29 is 14.3 Å². The summed E-state index contributed by atoms with van der Waals surface area (Å²) in [7, 11) is 0. The molecule has 1 aliphatic heterocycles. The highest BCUT2D eigenvalue weighted by Gasteiger charge is 2.11. The number of carbonyl (C=O) groups is 1. The van der Waals surface area contributed by atoms with E-state index in [0.717, 1.165) is 30.3 Å². The second-order valence-electron chi connectivity index (χ2n) is 6.97. The lowest BCUT2D eigenvalue weighted by molar-refractivity contribution is -0.116. The van der Waals surface area contributed by atoms with E-state index in [1.807, 2.05) is 43.3 Å². The van der Waals surface area contributed by atoms with Crippen molar-refractivity contribution in [3.05, 3.63) is 48.5 Å². The van der Waals surface area contributed by atoms with E-state index in [2.05, 4.69) is 22.3 Å². The number of anilines is 2. The van der Waals surface area contributed by atoms with Gasteiger partial charge in [0.1, 0.15) is 0 Å². The fourth-order valence-electron chi connectivity index (χ4n) is 3.39. The van der Waals surface area contributed by atoms with Crippen LogP contribution in [0.5, 0.6) is 11.5 Å². The molecule has 0 saturated carbocycles. The van der Waals surface area contributed by atoms with E-state index in [1.54, 1.807) is 0 Å². The van der Waals surface area contributed by atoms with Crippen molar-refractivity contribution in [2.24, 2.45) is 0 Å². The maximum Gasteiger partial charge on any atom is 0.224 e. The molecule has 1 heterocycles. The minimum atomic E-state index is 0.00687. The molecular formula is C23H30N2O3. The molecule has 0 radical (unpaired) electrons. The first kappa shape index (κ1) is 20.1. The number of ether oxygens (including phenoxy) is 2. The Morgan fingerprint density at radius 3 is 2.32 bits per heavy atom. The zero-order valence-corrected chi connectivity index (χ0v) is 16.7. The van der Waals surface area contributed by atoms with Crippen LogP contribution in [0.3, 0.4) is 0 Å². The van der Waals surface area contributed by atoms with Crippen LogP contribution in [0.4, 0.5) is 11.4 Å². The molecule has 2 aromatic carbocycles. The quantitative estimate of drug-likeness (QED) is 0.629. The number of benzene rings is 2. The Morgan fingerprint density at radius 1 is 0.964 bits per heavy atom. The van der Waals surface area contributed by atoms with E-state index >= 15 is 0 Å². The summed E-state index contributed by atoms with van der Waals surface area (Å²) >= 11 is 0. The Hall–Kier alpha value is -2.69. The zero-order valence-electron chi connectivity index (χ0n) is 16.7. The summed E-state index contributed by atoms with van der Waals surface area (Å²) in [5.41, 5.74) is 2.08. The highest BCUT2D eigenvalue weighted by Crippen LogP contribution is 2.26. The number of piperidine rings is 1. The van der Waals surface area contributed by atoms with Crippen molar-refractivity contribution in [2.45, 2.75) is 39.0 Å². The SMILES string of the molecule is CCOc1ccccc1OCCCC(=O)Nc1ccc(N2CCCCC2)cc1. The maximum absolute atomic E-state index is 12.2. The van der Waals surface area contributed by atoms with Crippen LogP contribution < -0.4 is 19.7 Å². The summed E-state index contributed by atoms with van der Waals surface area (Å²) in [5.74, 6) is 1.47. The number of hydrogen-bond donors (Lipinski definition) is 1. The fraction of sp³-hybridized carbons (Fsp3) is 0.435. The van der Waals surface area contributed by atoms with Crippen LogP contribution >= 0.6 is 0 Å². The van der Waals surface area contributed by atoms with Crippen molar-refractivity contribution in [1.29, 1.82) is 0 Å². The summed E-state index contributed by atoms with van der Waals surface area (Å²) in [6.45, 7) is 5.27. The van der Waals surface area contributed by atoms with Crippen molar-refractivity contribution in [3.63, 3.8) is 0 Å². The molecule has 0 aromatic heterocycles. The third kappa shape index (κ3) is 5.91. The van der Waals surface area contributed by atoms with E-state index in [4.69, 9.17) is 9.47 Å². The van der Waals surface area contributed by atoms with Crippen LogP contribution in [0.25, 0.3) is 0 Å². The molecule has 1 fully saturated rings. The van der Waals surface area contributed by atoms with Gasteiger partial charge in [-0.2, -0.15) is 0 Å². The molecule has 0 aliphatic carbocycles. The molecule has 0 spiro atoms. The molecule has 1 amide bonds. The standard InChI is InChI=1S/C23H30N2O3/c1-2-27-21-9-4-5-10-22(21)28-18-8-11-23(26)24-19-12-14-20(15-13-19)25-16-6-3-7-17-25/h4-5,9-10,12-15H,2-3,6-8,11,16-18H2,1H3,(H,24,26). The normalized spacial score (nSPS) is 13.8. The van der Waals surface area contributed by atoms with E-state index in [0.29, 0.717) is 26.1 Å². The van der Waals surface area contributed by atoms with Gasteiger partial charge in [-0.25, -0.2) is 0 Å². The predicted octanol–water partition coefficient (Wildman–Crippen LogP) is 4.87. The van der Waals surface area contributed by atoms with Crippen molar-refractivity contribution in [1.82, 2.24) is 0 Å². The van der Waals surface area contributed by atoms with Crippen molar-refractivity contribution >= 4 is 17.3 Å². The molecule has 0 bridgehead atoms. The number of rotatable bonds is 9. The number of para-hydroxylation sites is 2. The molecule has 0 unspecified atom stereocenters. The molecular weight excluding hydrogens is 352 g/mol. The van der Waals surface area contributed by atoms with Gasteiger partial charge in [0, 0.05) is 30.9 Å². The third-order valence-corrected chi connectivity index (χ3v) is 4.83. The number of carbonyl (C=O) groups excluding carboxylic acids is 1. The number of nitrogens with one attached hydrogen (secondary N) is 1. The predicted molar refractivity (Wildman–Crippen MR) is 113 cm³/mol. The summed E-state index contributed by atoms with van der Waals surface area (Å²) in [6.07, 6.45) is 4.92. The van der Waals surface area contributed by atoms with E-state index in [9.17, 15) is 4.79 Å². The smallest absolute Gasteiger partial charge is 0.224 e. The van der Waals surface area contributed by atoms with Gasteiger partial charge in [-0.15, -0.1) is 0 Å². The van der Waals surface area contributed by atoms with E-state index in [1.165, 1.54) is 24.9 Å². The second-order valence-corrected chi connectivity index (χ2v) is 6.97.